The predicted octanol–water partition coefficient (Wildman–Crippen LogP) is 2.37. The van der Waals surface area contributed by atoms with Crippen LogP contribution in [0.2, 0.25) is 0 Å². The Morgan fingerprint density at radius 3 is 2.81 bits per heavy atom. The number of hydrogen-bond acceptors (Lipinski definition) is 3. The molecule has 0 heterocycles. The van der Waals surface area contributed by atoms with Gasteiger partial charge in [0.2, 0.25) is 0 Å². The van der Waals surface area contributed by atoms with Gasteiger partial charge in [-0.15, -0.1) is 0 Å². The largest absolute Gasteiger partial charge is 0.484 e. The smallest absolute Gasteiger partial charge is 0.276 e. The minimum Gasteiger partial charge on any atom is -0.484 e. The normalized spacial score (nSPS) is 10.1. The van der Waals surface area contributed by atoms with Crippen molar-refractivity contribution < 1.29 is 9.53 Å². The second-order valence-corrected chi connectivity index (χ2v) is 6.18. The van der Waals surface area contributed by atoms with Crippen LogP contribution in [0, 0.1) is 5.92 Å². The molecule has 5 nitrogen and oxygen atoms in total. The van der Waals surface area contributed by atoms with Gasteiger partial charge >= 0.3 is 0 Å². The summed E-state index contributed by atoms with van der Waals surface area (Å²) < 4.78 is 6.25. The van der Waals surface area contributed by atoms with Crippen molar-refractivity contribution in [2.45, 2.75) is 20.3 Å². The maximum absolute atomic E-state index is 11.6. The van der Waals surface area contributed by atoms with Crippen molar-refractivity contribution in [2.24, 2.45) is 5.92 Å². The Morgan fingerprint density at radius 1 is 1.38 bits per heavy atom. The SMILES string of the molecule is CC(C)CCNC(=S)NNC(=O)COc1cccc(Br)c1. The van der Waals surface area contributed by atoms with E-state index >= 15 is 0 Å². The van der Waals surface area contributed by atoms with E-state index in [-0.39, 0.29) is 12.5 Å². The van der Waals surface area contributed by atoms with Crippen LogP contribution in [-0.4, -0.2) is 24.2 Å². The summed E-state index contributed by atoms with van der Waals surface area (Å²) in [5.41, 5.74) is 5.11. The number of hydrogen-bond donors (Lipinski definition) is 3. The maximum atomic E-state index is 11.6. The van der Waals surface area contributed by atoms with Gasteiger partial charge in [0.1, 0.15) is 5.75 Å². The van der Waals surface area contributed by atoms with Gasteiger partial charge in [-0.25, -0.2) is 0 Å². The topological polar surface area (TPSA) is 62.4 Å². The van der Waals surface area contributed by atoms with E-state index in [1.165, 1.54) is 0 Å². The lowest BCUT2D eigenvalue weighted by molar-refractivity contribution is -0.123. The van der Waals surface area contributed by atoms with Gasteiger partial charge < -0.3 is 10.1 Å². The molecule has 1 aromatic carbocycles. The molecule has 0 aliphatic heterocycles. The van der Waals surface area contributed by atoms with Crippen LogP contribution in [0.15, 0.2) is 28.7 Å². The fourth-order valence-electron chi connectivity index (χ4n) is 1.39. The Hall–Kier alpha value is -1.34. The molecule has 116 valence electrons. The molecule has 3 N–H and O–H groups in total. The summed E-state index contributed by atoms with van der Waals surface area (Å²) in [4.78, 5) is 11.6. The number of halogens is 1. The standard InChI is InChI=1S/C14H20BrN3O2S/c1-10(2)6-7-16-14(21)18-17-13(19)9-20-12-5-3-4-11(15)8-12/h3-5,8,10H,6-7,9H2,1-2H3,(H,17,19)(H2,16,18,21). The molecule has 0 spiro atoms. The first-order valence-electron chi connectivity index (χ1n) is 6.68. The minimum absolute atomic E-state index is 0.0853. The molecule has 0 saturated carbocycles. The van der Waals surface area contributed by atoms with Crippen molar-refractivity contribution in [3.63, 3.8) is 0 Å². The molecule has 0 aliphatic carbocycles. The van der Waals surface area contributed by atoms with Gasteiger partial charge in [0.15, 0.2) is 11.7 Å². The van der Waals surface area contributed by atoms with Crippen molar-refractivity contribution in [1.82, 2.24) is 16.2 Å². The van der Waals surface area contributed by atoms with Crippen molar-refractivity contribution >= 4 is 39.2 Å². The van der Waals surface area contributed by atoms with Gasteiger partial charge in [-0.2, -0.15) is 0 Å². The number of thiocarbonyl (C=S) groups is 1. The van der Waals surface area contributed by atoms with E-state index in [2.05, 4.69) is 45.9 Å². The summed E-state index contributed by atoms with van der Waals surface area (Å²) >= 11 is 8.37. The first-order chi connectivity index (χ1) is 9.97. The number of benzene rings is 1. The summed E-state index contributed by atoms with van der Waals surface area (Å²) in [6.07, 6.45) is 1.02. The van der Waals surface area contributed by atoms with E-state index in [1.54, 1.807) is 12.1 Å². The second-order valence-electron chi connectivity index (χ2n) is 4.86. The average molecular weight is 374 g/mol. The third-order valence-corrected chi connectivity index (χ3v) is 3.23. The lowest BCUT2D eigenvalue weighted by Gasteiger charge is -2.12. The van der Waals surface area contributed by atoms with Crippen LogP contribution < -0.4 is 20.9 Å². The van der Waals surface area contributed by atoms with Gasteiger partial charge in [-0.1, -0.05) is 35.8 Å². The molecule has 1 rings (SSSR count). The Kier molecular flexibility index (Phi) is 8.07. The van der Waals surface area contributed by atoms with E-state index < -0.39 is 0 Å². The molecular weight excluding hydrogens is 354 g/mol. The Bertz CT molecular complexity index is 483. The lowest BCUT2D eigenvalue weighted by Crippen LogP contribution is -2.48. The zero-order valence-electron chi connectivity index (χ0n) is 12.1. The van der Waals surface area contributed by atoms with Crippen LogP contribution >= 0.6 is 28.1 Å². The minimum atomic E-state index is -0.303. The third-order valence-electron chi connectivity index (χ3n) is 2.49. The summed E-state index contributed by atoms with van der Waals surface area (Å²) in [6.45, 7) is 4.96. The fraction of sp³-hybridized carbons (Fsp3) is 0.429. The number of amides is 1. The number of carbonyl (C=O) groups is 1. The number of ether oxygens (including phenoxy) is 1. The number of hydrazine groups is 1. The van der Waals surface area contributed by atoms with E-state index in [1.807, 2.05) is 12.1 Å². The summed E-state index contributed by atoms with van der Waals surface area (Å²) in [5.74, 6) is 0.925. The molecular formula is C14H20BrN3O2S. The van der Waals surface area contributed by atoms with Gasteiger partial charge in [0.25, 0.3) is 5.91 Å². The lowest BCUT2D eigenvalue weighted by atomic mass is 10.1. The summed E-state index contributed by atoms with van der Waals surface area (Å²) in [6, 6.07) is 7.29. The monoisotopic (exact) mass is 373 g/mol. The van der Waals surface area contributed by atoms with E-state index in [4.69, 9.17) is 17.0 Å². The molecule has 0 radical (unpaired) electrons. The molecule has 7 heteroatoms. The number of rotatable bonds is 6. The highest BCUT2D eigenvalue weighted by Crippen LogP contribution is 2.17. The van der Waals surface area contributed by atoms with Crippen LogP contribution in [0.25, 0.3) is 0 Å². The third kappa shape index (κ3) is 8.52. The molecule has 0 bridgehead atoms. The highest BCUT2D eigenvalue weighted by Gasteiger charge is 2.04. The fourth-order valence-corrected chi connectivity index (χ4v) is 1.92. The Balaban J connectivity index is 2.17. The average Bonchev–Trinajstić information content (AvgIpc) is 2.42. The van der Waals surface area contributed by atoms with Crippen molar-refractivity contribution in [1.29, 1.82) is 0 Å². The predicted molar refractivity (Wildman–Crippen MR) is 91.0 cm³/mol. The quantitative estimate of drug-likeness (QED) is 0.527. The zero-order valence-corrected chi connectivity index (χ0v) is 14.5. The molecule has 0 saturated heterocycles. The van der Waals surface area contributed by atoms with Gasteiger partial charge in [0, 0.05) is 11.0 Å². The molecule has 0 unspecified atom stereocenters. The molecule has 21 heavy (non-hydrogen) atoms. The van der Waals surface area contributed by atoms with Gasteiger partial charge in [0.05, 0.1) is 0 Å². The second kappa shape index (κ2) is 9.57. The van der Waals surface area contributed by atoms with E-state index in [0.29, 0.717) is 16.8 Å². The molecule has 0 atom stereocenters. The molecule has 1 aromatic rings. The zero-order chi connectivity index (χ0) is 15.7. The van der Waals surface area contributed by atoms with Gasteiger partial charge in [-0.05, 0) is 42.8 Å². The Morgan fingerprint density at radius 2 is 2.14 bits per heavy atom. The van der Waals surface area contributed by atoms with Crippen LogP contribution in [0.3, 0.4) is 0 Å². The first kappa shape index (κ1) is 17.7. The highest BCUT2D eigenvalue weighted by molar-refractivity contribution is 9.10. The highest BCUT2D eigenvalue weighted by atomic mass is 79.9. The van der Waals surface area contributed by atoms with Crippen molar-refractivity contribution in [2.75, 3.05) is 13.2 Å². The first-order valence-corrected chi connectivity index (χ1v) is 7.88. The van der Waals surface area contributed by atoms with Crippen LogP contribution in [0.5, 0.6) is 5.75 Å². The van der Waals surface area contributed by atoms with Crippen molar-refractivity contribution in [3.8, 4) is 5.75 Å². The Labute approximate surface area is 138 Å². The molecule has 0 aliphatic rings. The summed E-state index contributed by atoms with van der Waals surface area (Å²) in [7, 11) is 0. The van der Waals surface area contributed by atoms with Gasteiger partial charge in [-0.3, -0.25) is 15.6 Å². The number of carbonyl (C=O) groups excluding carboxylic acids is 1. The van der Waals surface area contributed by atoms with Crippen molar-refractivity contribution in [3.05, 3.63) is 28.7 Å². The van der Waals surface area contributed by atoms with E-state index in [9.17, 15) is 4.79 Å². The van der Waals surface area contributed by atoms with E-state index in [0.717, 1.165) is 17.4 Å². The van der Waals surface area contributed by atoms with Crippen LogP contribution in [-0.2, 0) is 4.79 Å². The van der Waals surface area contributed by atoms with Crippen LogP contribution in [0.1, 0.15) is 20.3 Å². The molecule has 0 fully saturated rings. The number of nitrogens with one attached hydrogen (secondary N) is 3. The molecule has 0 aromatic heterocycles. The van der Waals surface area contributed by atoms with Crippen LogP contribution in [0.4, 0.5) is 0 Å². The molecule has 1 amide bonds. The maximum Gasteiger partial charge on any atom is 0.276 e. The summed E-state index contributed by atoms with van der Waals surface area (Å²) in [5, 5.41) is 3.40.